The first kappa shape index (κ1) is 14.3. The zero-order valence-corrected chi connectivity index (χ0v) is 11.7. The maximum atomic E-state index is 11.5. The molecule has 0 saturated carbocycles. The van der Waals surface area contributed by atoms with Gasteiger partial charge in [-0.2, -0.15) is 0 Å². The van der Waals surface area contributed by atoms with Gasteiger partial charge >= 0.3 is 0 Å². The first-order chi connectivity index (χ1) is 7.95. The van der Waals surface area contributed by atoms with E-state index in [1.165, 1.54) is 0 Å². The van der Waals surface area contributed by atoms with Gasteiger partial charge in [0.2, 0.25) is 0 Å². The van der Waals surface area contributed by atoms with Gasteiger partial charge in [-0.15, -0.1) is 0 Å². The molecule has 0 spiro atoms. The summed E-state index contributed by atoms with van der Waals surface area (Å²) in [5, 5.41) is 3.74. The summed E-state index contributed by atoms with van der Waals surface area (Å²) in [7, 11) is 3.62. The standard InChI is InChI=1S/C12H16Cl2N2O/c1-8(12(17)15-2)16(3)7-9-4-5-10(13)11(14)6-9/h4-6,8H,7H2,1-3H3,(H,15,17)/p+1/t8-/m0/s1. The number of amides is 1. The lowest BCUT2D eigenvalue weighted by Gasteiger charge is -2.20. The SMILES string of the molecule is CNC(=O)[C@H](C)[NH+](C)Cc1ccc(Cl)c(Cl)c1. The minimum atomic E-state index is -0.102. The van der Waals surface area contributed by atoms with Crippen molar-refractivity contribution in [2.45, 2.75) is 19.5 Å². The Kier molecular flexibility index (Phi) is 5.25. The molecule has 1 rings (SSSR count). The summed E-state index contributed by atoms with van der Waals surface area (Å²) in [5.41, 5.74) is 1.06. The van der Waals surface area contributed by atoms with Crippen LogP contribution in [0.15, 0.2) is 18.2 Å². The summed E-state index contributed by atoms with van der Waals surface area (Å²) in [5.74, 6) is 0.0301. The van der Waals surface area contributed by atoms with E-state index in [1.54, 1.807) is 13.1 Å². The molecule has 0 aliphatic carbocycles. The molecule has 0 bridgehead atoms. The van der Waals surface area contributed by atoms with Crippen molar-refractivity contribution in [1.82, 2.24) is 5.32 Å². The predicted octanol–water partition coefficient (Wildman–Crippen LogP) is 1.14. The topological polar surface area (TPSA) is 33.5 Å². The molecule has 1 amide bonds. The van der Waals surface area contributed by atoms with Crippen molar-refractivity contribution in [3.05, 3.63) is 33.8 Å². The number of nitrogens with one attached hydrogen (secondary N) is 2. The Morgan fingerprint density at radius 1 is 1.41 bits per heavy atom. The lowest BCUT2D eigenvalue weighted by molar-refractivity contribution is -0.908. The fraction of sp³-hybridized carbons (Fsp3) is 0.417. The van der Waals surface area contributed by atoms with E-state index in [4.69, 9.17) is 23.2 Å². The fourth-order valence-corrected chi connectivity index (χ4v) is 1.89. The van der Waals surface area contributed by atoms with Crippen LogP contribution >= 0.6 is 23.2 Å². The average molecular weight is 276 g/mol. The highest BCUT2D eigenvalue weighted by Gasteiger charge is 2.20. The van der Waals surface area contributed by atoms with E-state index in [1.807, 2.05) is 26.1 Å². The van der Waals surface area contributed by atoms with Gasteiger partial charge in [0.05, 0.1) is 17.1 Å². The average Bonchev–Trinajstić information content (AvgIpc) is 2.31. The molecule has 0 aliphatic heterocycles. The van der Waals surface area contributed by atoms with Crippen molar-refractivity contribution in [1.29, 1.82) is 0 Å². The second-order valence-electron chi connectivity index (χ2n) is 4.11. The highest BCUT2D eigenvalue weighted by molar-refractivity contribution is 6.42. The van der Waals surface area contributed by atoms with Gasteiger partial charge in [-0.1, -0.05) is 29.3 Å². The molecule has 2 N–H and O–H groups in total. The van der Waals surface area contributed by atoms with E-state index in [9.17, 15) is 4.79 Å². The van der Waals surface area contributed by atoms with Gasteiger partial charge in [0.1, 0.15) is 6.54 Å². The molecule has 0 aliphatic rings. The van der Waals surface area contributed by atoms with E-state index >= 15 is 0 Å². The number of hydrogen-bond acceptors (Lipinski definition) is 1. The number of rotatable bonds is 4. The molecule has 0 saturated heterocycles. The third kappa shape index (κ3) is 3.87. The fourth-order valence-electron chi connectivity index (χ4n) is 1.56. The molecule has 3 nitrogen and oxygen atoms in total. The van der Waals surface area contributed by atoms with Crippen LogP contribution in [0.25, 0.3) is 0 Å². The molecule has 1 unspecified atom stereocenters. The van der Waals surface area contributed by atoms with Crippen LogP contribution < -0.4 is 10.2 Å². The second kappa shape index (κ2) is 6.24. The van der Waals surface area contributed by atoms with Crippen molar-refractivity contribution in [2.75, 3.05) is 14.1 Å². The van der Waals surface area contributed by atoms with Crippen LogP contribution in [0.5, 0.6) is 0 Å². The third-order valence-electron chi connectivity index (χ3n) is 2.85. The summed E-state index contributed by atoms with van der Waals surface area (Å²) >= 11 is 11.8. The number of carbonyl (C=O) groups is 1. The minimum absolute atomic E-state index is 0.0301. The largest absolute Gasteiger partial charge is 0.354 e. The molecule has 94 valence electrons. The number of carbonyl (C=O) groups excluding carboxylic acids is 1. The Hall–Kier alpha value is -0.770. The molecule has 2 atom stereocenters. The molecule has 1 aromatic rings. The van der Waals surface area contributed by atoms with E-state index < -0.39 is 0 Å². The Morgan fingerprint density at radius 3 is 2.59 bits per heavy atom. The Balaban J connectivity index is 2.70. The zero-order valence-electron chi connectivity index (χ0n) is 10.2. The molecule has 0 heterocycles. The van der Waals surface area contributed by atoms with Gasteiger partial charge < -0.3 is 10.2 Å². The number of likely N-dealkylation sites (N-methyl/N-ethyl adjacent to an activating group) is 2. The van der Waals surface area contributed by atoms with Crippen LogP contribution in [0.2, 0.25) is 10.0 Å². The zero-order chi connectivity index (χ0) is 13.0. The molecule has 0 aromatic heterocycles. The number of benzene rings is 1. The van der Waals surface area contributed by atoms with Crippen molar-refractivity contribution in [3.63, 3.8) is 0 Å². The molecule has 5 heteroatoms. The van der Waals surface area contributed by atoms with Crippen molar-refractivity contribution in [3.8, 4) is 0 Å². The van der Waals surface area contributed by atoms with E-state index in [2.05, 4.69) is 5.32 Å². The van der Waals surface area contributed by atoms with Crippen LogP contribution in [0.3, 0.4) is 0 Å². The van der Waals surface area contributed by atoms with Crippen molar-refractivity contribution in [2.24, 2.45) is 0 Å². The van der Waals surface area contributed by atoms with Crippen LogP contribution in [0.4, 0.5) is 0 Å². The molecule has 0 radical (unpaired) electrons. The molecule has 1 aromatic carbocycles. The third-order valence-corrected chi connectivity index (χ3v) is 3.58. The van der Waals surface area contributed by atoms with Gasteiger partial charge in [0, 0.05) is 12.6 Å². The number of halogens is 2. The lowest BCUT2D eigenvalue weighted by atomic mass is 10.2. The molecule has 17 heavy (non-hydrogen) atoms. The summed E-state index contributed by atoms with van der Waals surface area (Å²) in [6, 6.07) is 5.43. The van der Waals surface area contributed by atoms with Gasteiger partial charge in [-0.3, -0.25) is 4.79 Å². The van der Waals surface area contributed by atoms with E-state index in [0.717, 1.165) is 17.0 Å². The first-order valence-electron chi connectivity index (χ1n) is 5.43. The van der Waals surface area contributed by atoms with E-state index in [-0.39, 0.29) is 11.9 Å². The lowest BCUT2D eigenvalue weighted by Crippen LogP contribution is -3.12. The summed E-state index contributed by atoms with van der Waals surface area (Å²) in [4.78, 5) is 12.6. The van der Waals surface area contributed by atoms with Crippen LogP contribution in [-0.2, 0) is 11.3 Å². The molecular weight excluding hydrogens is 259 g/mol. The molecule has 0 fully saturated rings. The second-order valence-corrected chi connectivity index (χ2v) is 4.92. The molecular formula is C12H17Cl2N2O+. The number of hydrogen-bond donors (Lipinski definition) is 2. The maximum Gasteiger partial charge on any atom is 0.277 e. The monoisotopic (exact) mass is 275 g/mol. The van der Waals surface area contributed by atoms with Gasteiger partial charge in [0.15, 0.2) is 6.04 Å². The maximum absolute atomic E-state index is 11.5. The van der Waals surface area contributed by atoms with Gasteiger partial charge in [-0.05, 0) is 19.1 Å². The first-order valence-corrected chi connectivity index (χ1v) is 6.19. The van der Waals surface area contributed by atoms with Crippen LogP contribution in [0.1, 0.15) is 12.5 Å². The minimum Gasteiger partial charge on any atom is -0.354 e. The smallest absolute Gasteiger partial charge is 0.277 e. The van der Waals surface area contributed by atoms with Gasteiger partial charge in [-0.25, -0.2) is 0 Å². The Bertz CT molecular complexity index is 409. The predicted molar refractivity (Wildman–Crippen MR) is 70.6 cm³/mol. The summed E-state index contributed by atoms with van der Waals surface area (Å²) in [6.45, 7) is 2.62. The highest BCUT2D eigenvalue weighted by atomic mass is 35.5. The summed E-state index contributed by atoms with van der Waals surface area (Å²) in [6.07, 6.45) is 0. The van der Waals surface area contributed by atoms with Crippen molar-refractivity contribution >= 4 is 29.1 Å². The van der Waals surface area contributed by atoms with E-state index in [0.29, 0.717) is 10.0 Å². The Labute approximate surface area is 112 Å². The van der Waals surface area contributed by atoms with Crippen LogP contribution in [0, 0.1) is 0 Å². The van der Waals surface area contributed by atoms with Crippen LogP contribution in [-0.4, -0.2) is 26.0 Å². The van der Waals surface area contributed by atoms with Crippen molar-refractivity contribution < 1.29 is 9.69 Å². The highest BCUT2D eigenvalue weighted by Crippen LogP contribution is 2.22. The number of quaternary nitrogens is 1. The Morgan fingerprint density at radius 2 is 2.06 bits per heavy atom. The normalized spacial score (nSPS) is 14.2. The summed E-state index contributed by atoms with van der Waals surface area (Å²) < 4.78 is 0. The van der Waals surface area contributed by atoms with Gasteiger partial charge in [0.25, 0.3) is 5.91 Å². The quantitative estimate of drug-likeness (QED) is 0.849.